The molecule has 0 bridgehead atoms. The molecule has 3 heterocycles. The smallest absolute Gasteiger partial charge is 0.250 e. The van der Waals surface area contributed by atoms with Crippen LogP contribution in [0, 0.1) is 11.8 Å². The maximum absolute atomic E-state index is 13.4. The summed E-state index contributed by atoms with van der Waals surface area (Å²) in [6, 6.07) is 7.22. The van der Waals surface area contributed by atoms with Gasteiger partial charge in [0.15, 0.2) is 0 Å². The van der Waals surface area contributed by atoms with E-state index in [2.05, 4.69) is 10.6 Å². The van der Waals surface area contributed by atoms with Gasteiger partial charge in [0, 0.05) is 37.6 Å². The minimum Gasteiger partial charge on any atom is -0.385 e. The minimum atomic E-state index is -1.17. The zero-order chi connectivity index (χ0) is 19.9. The van der Waals surface area contributed by atoms with Crippen molar-refractivity contribution in [3.8, 4) is 0 Å². The number of ether oxygens (including phenoxy) is 1. The van der Waals surface area contributed by atoms with Gasteiger partial charge in [-0.3, -0.25) is 24.6 Å². The Kier molecular flexibility index (Phi) is 5.20. The van der Waals surface area contributed by atoms with Crippen LogP contribution >= 0.6 is 11.8 Å². The van der Waals surface area contributed by atoms with Gasteiger partial charge in [-0.05, 0) is 30.9 Å². The van der Waals surface area contributed by atoms with Gasteiger partial charge in [0.1, 0.15) is 5.54 Å². The lowest BCUT2D eigenvalue weighted by Gasteiger charge is -2.29. The molecule has 3 aliphatic heterocycles. The Hall–Kier alpha value is -1.90. The first-order valence-corrected chi connectivity index (χ1v) is 11.0. The standard InChI is InChI=1S/C20H25N3O4S/c1-27-10-5-9-23-17(24)15-14(8-11-28-2)22-20(16(15)18(23)25)12-6-3-4-7-13(12)21-19(20)26/h3-4,6-7,14-16,22H,5,8-11H2,1-2H3,(H,21,26)/t14?,15-,16+,20?/m1/s1. The van der Waals surface area contributed by atoms with E-state index < -0.39 is 17.4 Å². The minimum absolute atomic E-state index is 0.168. The number of thioether (sulfide) groups is 1. The normalized spacial score (nSPS) is 30.9. The quantitative estimate of drug-likeness (QED) is 0.525. The van der Waals surface area contributed by atoms with Crippen LogP contribution in [0.3, 0.4) is 0 Å². The molecule has 0 radical (unpaired) electrons. The fourth-order valence-corrected chi connectivity index (χ4v) is 5.39. The largest absolute Gasteiger partial charge is 0.385 e. The van der Waals surface area contributed by atoms with Crippen molar-refractivity contribution >= 4 is 35.2 Å². The maximum Gasteiger partial charge on any atom is 0.250 e. The molecule has 1 aromatic rings. The Balaban J connectivity index is 1.75. The molecular formula is C20H25N3O4S. The number of benzene rings is 1. The SMILES string of the molecule is COCCCN1C(=O)[C@@H]2C(CCSC)NC3(C(=O)Nc4ccccc43)[C@@H]2C1=O. The number of amides is 3. The third-order valence-electron chi connectivity index (χ3n) is 6.08. The molecule has 7 nitrogen and oxygen atoms in total. The summed E-state index contributed by atoms with van der Waals surface area (Å²) in [5.41, 5.74) is 0.302. The predicted octanol–water partition coefficient (Wildman–Crippen LogP) is 1.20. The molecule has 8 heteroatoms. The lowest BCUT2D eigenvalue weighted by Crippen LogP contribution is -2.53. The molecule has 150 valence electrons. The summed E-state index contributed by atoms with van der Waals surface area (Å²) in [7, 11) is 1.60. The predicted molar refractivity (Wildman–Crippen MR) is 107 cm³/mol. The second kappa shape index (κ2) is 7.50. The van der Waals surface area contributed by atoms with Gasteiger partial charge >= 0.3 is 0 Å². The highest BCUT2D eigenvalue weighted by Crippen LogP contribution is 2.53. The van der Waals surface area contributed by atoms with E-state index in [4.69, 9.17) is 4.74 Å². The Morgan fingerprint density at radius 2 is 2.00 bits per heavy atom. The Morgan fingerprint density at radius 3 is 2.75 bits per heavy atom. The number of carbonyl (C=O) groups excluding carboxylic acids is 3. The summed E-state index contributed by atoms with van der Waals surface area (Å²) in [6.07, 6.45) is 3.33. The zero-order valence-electron chi connectivity index (χ0n) is 16.1. The number of rotatable bonds is 7. The van der Waals surface area contributed by atoms with E-state index in [-0.39, 0.29) is 23.8 Å². The number of fused-ring (bicyclic) bond motifs is 4. The highest BCUT2D eigenvalue weighted by molar-refractivity contribution is 7.98. The molecule has 3 aliphatic rings. The van der Waals surface area contributed by atoms with Gasteiger partial charge in [-0.2, -0.15) is 11.8 Å². The average Bonchev–Trinajstić information content (AvgIpc) is 3.27. The van der Waals surface area contributed by atoms with Crippen LogP contribution in [0.1, 0.15) is 18.4 Å². The van der Waals surface area contributed by atoms with Crippen molar-refractivity contribution in [2.45, 2.75) is 24.4 Å². The van der Waals surface area contributed by atoms with Crippen LogP contribution in [0.5, 0.6) is 0 Å². The topological polar surface area (TPSA) is 87.7 Å². The van der Waals surface area contributed by atoms with Crippen molar-refractivity contribution in [3.05, 3.63) is 29.8 Å². The molecule has 4 atom stereocenters. The van der Waals surface area contributed by atoms with Crippen molar-refractivity contribution in [2.75, 3.05) is 37.6 Å². The molecule has 3 amide bonds. The Morgan fingerprint density at radius 1 is 1.21 bits per heavy atom. The molecule has 0 saturated carbocycles. The summed E-state index contributed by atoms with van der Waals surface area (Å²) in [5, 5.41) is 6.35. The van der Waals surface area contributed by atoms with Crippen molar-refractivity contribution in [3.63, 3.8) is 0 Å². The molecule has 1 aromatic carbocycles. The van der Waals surface area contributed by atoms with E-state index in [1.54, 1.807) is 18.9 Å². The van der Waals surface area contributed by atoms with Crippen LogP contribution in [-0.4, -0.2) is 60.9 Å². The summed E-state index contributed by atoms with van der Waals surface area (Å²) >= 11 is 1.69. The first kappa shape index (κ1) is 19.4. The summed E-state index contributed by atoms with van der Waals surface area (Å²) in [5.74, 6) is -1.03. The fraction of sp³-hybridized carbons (Fsp3) is 0.550. The maximum atomic E-state index is 13.4. The molecule has 28 heavy (non-hydrogen) atoms. The van der Waals surface area contributed by atoms with Crippen molar-refractivity contribution < 1.29 is 19.1 Å². The van der Waals surface area contributed by atoms with Gasteiger partial charge in [-0.25, -0.2) is 0 Å². The van der Waals surface area contributed by atoms with Crippen LogP contribution in [0.2, 0.25) is 0 Å². The number of hydrogen-bond acceptors (Lipinski definition) is 6. The van der Waals surface area contributed by atoms with Crippen molar-refractivity contribution in [1.29, 1.82) is 0 Å². The number of anilines is 1. The number of methoxy groups -OCH3 is 1. The van der Waals surface area contributed by atoms with Crippen molar-refractivity contribution in [2.24, 2.45) is 11.8 Å². The average molecular weight is 404 g/mol. The summed E-state index contributed by atoms with van der Waals surface area (Å²) < 4.78 is 5.07. The number of hydrogen-bond donors (Lipinski definition) is 2. The highest BCUT2D eigenvalue weighted by atomic mass is 32.2. The van der Waals surface area contributed by atoms with Gasteiger partial charge in [-0.15, -0.1) is 0 Å². The Labute approximate surface area is 168 Å². The molecule has 2 N–H and O–H groups in total. The van der Waals surface area contributed by atoms with Crippen LogP contribution in [0.15, 0.2) is 24.3 Å². The third kappa shape index (κ3) is 2.69. The molecule has 1 spiro atoms. The second-order valence-corrected chi connectivity index (χ2v) is 8.50. The monoisotopic (exact) mass is 403 g/mol. The lowest BCUT2D eigenvalue weighted by molar-refractivity contribution is -0.143. The van der Waals surface area contributed by atoms with Gasteiger partial charge in [-0.1, -0.05) is 18.2 Å². The summed E-state index contributed by atoms with van der Waals surface area (Å²) in [6.45, 7) is 0.808. The van der Waals surface area contributed by atoms with Crippen LogP contribution in [0.4, 0.5) is 5.69 Å². The number of nitrogens with one attached hydrogen (secondary N) is 2. The number of imide groups is 1. The first-order valence-electron chi connectivity index (χ1n) is 9.58. The van der Waals surface area contributed by atoms with E-state index in [9.17, 15) is 14.4 Å². The molecular weight excluding hydrogens is 378 g/mol. The van der Waals surface area contributed by atoms with Gasteiger partial charge < -0.3 is 10.1 Å². The van der Waals surface area contributed by atoms with Crippen LogP contribution in [0.25, 0.3) is 0 Å². The lowest BCUT2D eigenvalue weighted by atomic mass is 9.76. The van der Waals surface area contributed by atoms with E-state index >= 15 is 0 Å². The second-order valence-electron chi connectivity index (χ2n) is 7.52. The van der Waals surface area contributed by atoms with Gasteiger partial charge in [0.05, 0.1) is 11.8 Å². The van der Waals surface area contributed by atoms with E-state index in [1.807, 2.05) is 30.5 Å². The molecule has 2 unspecified atom stereocenters. The zero-order valence-corrected chi connectivity index (χ0v) is 16.9. The molecule has 2 fully saturated rings. The molecule has 2 saturated heterocycles. The third-order valence-corrected chi connectivity index (χ3v) is 6.72. The first-order chi connectivity index (χ1) is 13.6. The number of likely N-dealkylation sites (tertiary alicyclic amines) is 1. The number of carbonyl (C=O) groups is 3. The number of nitrogens with zero attached hydrogens (tertiary/aromatic N) is 1. The molecule has 4 rings (SSSR count). The number of para-hydroxylation sites is 1. The van der Waals surface area contributed by atoms with E-state index in [0.717, 1.165) is 17.7 Å². The van der Waals surface area contributed by atoms with Gasteiger partial charge in [0.2, 0.25) is 17.7 Å². The van der Waals surface area contributed by atoms with E-state index in [1.165, 1.54) is 4.90 Å². The molecule has 0 aliphatic carbocycles. The fourth-order valence-electron chi connectivity index (χ4n) is 4.90. The Bertz CT molecular complexity index is 816. The van der Waals surface area contributed by atoms with E-state index in [0.29, 0.717) is 25.3 Å². The van der Waals surface area contributed by atoms with Gasteiger partial charge in [0.25, 0.3) is 0 Å². The summed E-state index contributed by atoms with van der Waals surface area (Å²) in [4.78, 5) is 41.1. The highest BCUT2D eigenvalue weighted by Gasteiger charge is 2.70. The van der Waals surface area contributed by atoms with Crippen LogP contribution < -0.4 is 10.6 Å². The van der Waals surface area contributed by atoms with Crippen LogP contribution in [-0.2, 0) is 24.7 Å². The molecule has 0 aromatic heterocycles. The van der Waals surface area contributed by atoms with Crippen molar-refractivity contribution in [1.82, 2.24) is 10.2 Å².